The van der Waals surface area contributed by atoms with E-state index in [2.05, 4.69) is 29.0 Å². The van der Waals surface area contributed by atoms with Gasteiger partial charge in [-0.05, 0) is 18.6 Å². The van der Waals surface area contributed by atoms with E-state index in [1.165, 1.54) is 10.5 Å². The average Bonchev–Trinajstić information content (AvgIpc) is 2.38. The molecule has 0 aliphatic heterocycles. The quantitative estimate of drug-likeness (QED) is 0.842. The second kappa shape index (κ2) is 5.80. The van der Waals surface area contributed by atoms with E-state index in [0.29, 0.717) is 11.4 Å². The zero-order valence-electron chi connectivity index (χ0n) is 9.58. The molecule has 0 aliphatic rings. The molecule has 4 heteroatoms. The van der Waals surface area contributed by atoms with Gasteiger partial charge < -0.3 is 5.11 Å². The standard InChI is InChI=1S/C13H14N2OS/c1-10-4-2-3-5-13(10)17-9-12(16)11-8-14-6-7-15-11/h2-8,12,16H,9H2,1H3. The van der Waals surface area contributed by atoms with Crippen molar-refractivity contribution in [2.75, 3.05) is 5.75 Å². The van der Waals surface area contributed by atoms with Gasteiger partial charge in [0, 0.05) is 23.0 Å². The van der Waals surface area contributed by atoms with E-state index in [0.717, 1.165) is 0 Å². The van der Waals surface area contributed by atoms with Crippen LogP contribution in [0.5, 0.6) is 0 Å². The van der Waals surface area contributed by atoms with Crippen molar-refractivity contribution in [2.24, 2.45) is 0 Å². The van der Waals surface area contributed by atoms with Gasteiger partial charge in [0.05, 0.1) is 11.9 Å². The van der Waals surface area contributed by atoms with E-state index in [1.807, 2.05) is 12.1 Å². The Labute approximate surface area is 105 Å². The molecule has 1 aromatic carbocycles. The Bertz CT molecular complexity index is 476. The summed E-state index contributed by atoms with van der Waals surface area (Å²) < 4.78 is 0. The topological polar surface area (TPSA) is 46.0 Å². The Morgan fingerprint density at radius 1 is 1.29 bits per heavy atom. The lowest BCUT2D eigenvalue weighted by molar-refractivity contribution is 0.198. The summed E-state index contributed by atoms with van der Waals surface area (Å²) in [5.74, 6) is 0.587. The number of hydrogen-bond acceptors (Lipinski definition) is 4. The first kappa shape index (κ1) is 12.1. The lowest BCUT2D eigenvalue weighted by Crippen LogP contribution is -2.03. The molecule has 0 radical (unpaired) electrons. The van der Waals surface area contributed by atoms with Gasteiger partial charge in [-0.3, -0.25) is 9.97 Å². The van der Waals surface area contributed by atoms with Gasteiger partial charge in [-0.25, -0.2) is 0 Å². The van der Waals surface area contributed by atoms with Crippen molar-refractivity contribution >= 4 is 11.8 Å². The Kier molecular flexibility index (Phi) is 4.12. The van der Waals surface area contributed by atoms with Crippen molar-refractivity contribution < 1.29 is 5.11 Å². The summed E-state index contributed by atoms with van der Waals surface area (Å²) in [7, 11) is 0. The van der Waals surface area contributed by atoms with Crippen LogP contribution in [-0.4, -0.2) is 20.8 Å². The molecule has 0 aliphatic carbocycles. The van der Waals surface area contributed by atoms with Crippen LogP contribution in [0.4, 0.5) is 0 Å². The molecular weight excluding hydrogens is 232 g/mol. The minimum atomic E-state index is -0.576. The maximum Gasteiger partial charge on any atom is 0.107 e. The predicted octanol–water partition coefficient (Wildman–Crippen LogP) is 2.61. The van der Waals surface area contributed by atoms with Crippen molar-refractivity contribution in [3.05, 3.63) is 54.1 Å². The van der Waals surface area contributed by atoms with Crippen LogP contribution in [-0.2, 0) is 0 Å². The fourth-order valence-corrected chi connectivity index (χ4v) is 2.43. The van der Waals surface area contributed by atoms with Gasteiger partial charge >= 0.3 is 0 Å². The minimum absolute atomic E-state index is 0.576. The third-order valence-electron chi connectivity index (χ3n) is 2.41. The Morgan fingerprint density at radius 3 is 2.82 bits per heavy atom. The normalized spacial score (nSPS) is 12.4. The summed E-state index contributed by atoms with van der Waals surface area (Å²) in [6.45, 7) is 2.07. The predicted molar refractivity (Wildman–Crippen MR) is 68.9 cm³/mol. The summed E-state index contributed by atoms with van der Waals surface area (Å²) in [5, 5.41) is 9.95. The maximum absolute atomic E-state index is 9.95. The number of aliphatic hydroxyl groups excluding tert-OH is 1. The Morgan fingerprint density at radius 2 is 2.12 bits per heavy atom. The molecule has 0 bridgehead atoms. The molecule has 1 atom stereocenters. The second-order valence-corrected chi connectivity index (χ2v) is 4.78. The number of aliphatic hydroxyl groups is 1. The fourth-order valence-electron chi connectivity index (χ4n) is 1.46. The van der Waals surface area contributed by atoms with Gasteiger partial charge in [-0.2, -0.15) is 0 Å². The van der Waals surface area contributed by atoms with E-state index in [9.17, 15) is 5.11 Å². The molecule has 0 saturated heterocycles. The average molecular weight is 246 g/mol. The molecule has 1 N–H and O–H groups in total. The van der Waals surface area contributed by atoms with Crippen molar-refractivity contribution in [1.29, 1.82) is 0 Å². The minimum Gasteiger partial charge on any atom is -0.386 e. The van der Waals surface area contributed by atoms with Crippen LogP contribution in [0.2, 0.25) is 0 Å². The largest absolute Gasteiger partial charge is 0.386 e. The highest BCUT2D eigenvalue weighted by Gasteiger charge is 2.10. The van der Waals surface area contributed by atoms with Crippen LogP contribution in [0, 0.1) is 6.92 Å². The van der Waals surface area contributed by atoms with E-state index in [1.54, 1.807) is 30.4 Å². The van der Waals surface area contributed by atoms with Crippen molar-refractivity contribution in [3.63, 3.8) is 0 Å². The molecule has 88 valence electrons. The molecule has 0 fully saturated rings. The molecule has 3 nitrogen and oxygen atoms in total. The number of hydrogen-bond donors (Lipinski definition) is 1. The third-order valence-corrected chi connectivity index (χ3v) is 3.67. The molecule has 2 aromatic rings. The van der Waals surface area contributed by atoms with Gasteiger partial charge in [0.2, 0.25) is 0 Å². The molecule has 0 spiro atoms. The molecule has 1 heterocycles. The Hall–Kier alpha value is -1.39. The number of benzene rings is 1. The number of thioether (sulfide) groups is 1. The second-order valence-electron chi connectivity index (χ2n) is 3.72. The highest BCUT2D eigenvalue weighted by atomic mass is 32.2. The fraction of sp³-hybridized carbons (Fsp3) is 0.231. The first-order valence-corrected chi connectivity index (χ1v) is 6.38. The Balaban J connectivity index is 1.97. The van der Waals surface area contributed by atoms with E-state index >= 15 is 0 Å². The molecule has 0 saturated carbocycles. The maximum atomic E-state index is 9.95. The number of aryl methyl sites for hydroxylation is 1. The molecule has 2 rings (SSSR count). The molecule has 1 aromatic heterocycles. The van der Waals surface area contributed by atoms with Crippen LogP contribution < -0.4 is 0 Å². The highest BCUT2D eigenvalue weighted by molar-refractivity contribution is 7.99. The summed E-state index contributed by atoms with van der Waals surface area (Å²) >= 11 is 1.63. The van der Waals surface area contributed by atoms with Crippen LogP contribution in [0.1, 0.15) is 17.4 Å². The van der Waals surface area contributed by atoms with Crippen molar-refractivity contribution in [3.8, 4) is 0 Å². The van der Waals surface area contributed by atoms with Crippen LogP contribution >= 0.6 is 11.8 Å². The van der Waals surface area contributed by atoms with Crippen molar-refractivity contribution in [2.45, 2.75) is 17.9 Å². The van der Waals surface area contributed by atoms with Crippen molar-refractivity contribution in [1.82, 2.24) is 9.97 Å². The number of rotatable bonds is 4. The summed E-state index contributed by atoms with van der Waals surface area (Å²) in [6, 6.07) is 8.14. The zero-order valence-corrected chi connectivity index (χ0v) is 10.4. The van der Waals surface area contributed by atoms with E-state index < -0.39 is 6.10 Å². The molecular formula is C13H14N2OS. The summed E-state index contributed by atoms with van der Waals surface area (Å²) in [4.78, 5) is 9.22. The van der Waals surface area contributed by atoms with E-state index in [4.69, 9.17) is 0 Å². The summed E-state index contributed by atoms with van der Waals surface area (Å²) in [6.07, 6.45) is 4.22. The smallest absolute Gasteiger partial charge is 0.107 e. The molecule has 1 unspecified atom stereocenters. The highest BCUT2D eigenvalue weighted by Crippen LogP contribution is 2.25. The van der Waals surface area contributed by atoms with Gasteiger partial charge in [-0.1, -0.05) is 18.2 Å². The SMILES string of the molecule is Cc1ccccc1SCC(O)c1cnccn1. The first-order valence-electron chi connectivity index (χ1n) is 5.40. The van der Waals surface area contributed by atoms with Crippen LogP contribution in [0.15, 0.2) is 47.8 Å². The monoisotopic (exact) mass is 246 g/mol. The lowest BCUT2D eigenvalue weighted by Gasteiger charge is -2.10. The van der Waals surface area contributed by atoms with Gasteiger partial charge in [0.25, 0.3) is 0 Å². The summed E-state index contributed by atoms with van der Waals surface area (Å²) in [5.41, 5.74) is 1.84. The van der Waals surface area contributed by atoms with Crippen LogP contribution in [0.25, 0.3) is 0 Å². The zero-order chi connectivity index (χ0) is 12.1. The van der Waals surface area contributed by atoms with E-state index in [-0.39, 0.29) is 0 Å². The van der Waals surface area contributed by atoms with Crippen LogP contribution in [0.3, 0.4) is 0 Å². The molecule has 0 amide bonds. The number of aromatic nitrogens is 2. The van der Waals surface area contributed by atoms with Gasteiger partial charge in [-0.15, -0.1) is 11.8 Å². The lowest BCUT2D eigenvalue weighted by atomic mass is 10.2. The third kappa shape index (κ3) is 3.28. The van der Waals surface area contributed by atoms with Gasteiger partial charge in [0.15, 0.2) is 0 Å². The molecule has 17 heavy (non-hydrogen) atoms. The van der Waals surface area contributed by atoms with Gasteiger partial charge in [0.1, 0.15) is 6.10 Å². The first-order chi connectivity index (χ1) is 8.27. The number of nitrogens with zero attached hydrogens (tertiary/aromatic N) is 2.